The van der Waals surface area contributed by atoms with Gasteiger partial charge in [-0.05, 0) is 44.9 Å². The van der Waals surface area contributed by atoms with E-state index in [1.54, 1.807) is 59.3 Å². The molecule has 1 aromatic carbocycles. The van der Waals surface area contributed by atoms with Crippen molar-refractivity contribution in [1.82, 2.24) is 0 Å². The molecule has 0 heterocycles. The van der Waals surface area contributed by atoms with Crippen LogP contribution in [0.5, 0.6) is 11.5 Å². The molecule has 0 aliphatic carbocycles. The van der Waals surface area contributed by atoms with Crippen molar-refractivity contribution < 1.29 is 28.5 Å². The third-order valence-corrected chi connectivity index (χ3v) is 4.12. The molecule has 1 aromatic rings. The average molecular weight is 376 g/mol. The van der Waals surface area contributed by atoms with Gasteiger partial charge in [0, 0.05) is 5.57 Å². The number of esters is 2. The van der Waals surface area contributed by atoms with Crippen LogP contribution in [0.2, 0.25) is 0 Å². The fourth-order valence-electron chi connectivity index (χ4n) is 2.28. The van der Waals surface area contributed by atoms with E-state index in [1.165, 1.54) is 0 Å². The lowest BCUT2D eigenvalue weighted by Crippen LogP contribution is -2.18. The molecule has 0 aromatic heterocycles. The van der Waals surface area contributed by atoms with Crippen molar-refractivity contribution in [2.24, 2.45) is 0 Å². The van der Waals surface area contributed by atoms with Crippen LogP contribution in [0.4, 0.5) is 0 Å². The maximum Gasteiger partial charge on any atom is 0.337 e. The number of hydrogen-bond donors (Lipinski definition) is 0. The Bertz CT molecular complexity index is 717. The molecular formula is C21H28O6. The molecule has 0 aliphatic rings. The van der Waals surface area contributed by atoms with Gasteiger partial charge in [-0.3, -0.25) is 0 Å². The van der Waals surface area contributed by atoms with Crippen LogP contribution >= 0.6 is 0 Å². The molecule has 0 fully saturated rings. The summed E-state index contributed by atoms with van der Waals surface area (Å²) in [6.07, 6.45) is 3.36. The van der Waals surface area contributed by atoms with Crippen LogP contribution in [-0.4, -0.2) is 32.8 Å². The van der Waals surface area contributed by atoms with E-state index in [9.17, 15) is 9.59 Å². The molecule has 27 heavy (non-hydrogen) atoms. The number of carbonyl (C=O) groups excluding carboxylic acids is 2. The van der Waals surface area contributed by atoms with Gasteiger partial charge in [-0.15, -0.1) is 0 Å². The van der Waals surface area contributed by atoms with E-state index in [0.717, 1.165) is 5.56 Å². The van der Waals surface area contributed by atoms with Gasteiger partial charge in [0.1, 0.15) is 12.7 Å². The van der Waals surface area contributed by atoms with Gasteiger partial charge in [0.2, 0.25) is 0 Å². The number of methoxy groups -OCH3 is 2. The van der Waals surface area contributed by atoms with Crippen molar-refractivity contribution >= 4 is 11.9 Å². The highest BCUT2D eigenvalue weighted by Crippen LogP contribution is 2.32. The maximum atomic E-state index is 12.5. The molecule has 1 atom stereocenters. The minimum Gasteiger partial charge on any atom is -0.493 e. The molecule has 0 bridgehead atoms. The predicted octanol–water partition coefficient (Wildman–Crippen LogP) is 4.15. The SMILES string of the molecule is C/C=C(/C)C(=O)OC/C(=C/C)C(=O)OC(CC)c1ccc(OC)c(OC)c1. The van der Waals surface area contributed by atoms with Crippen molar-refractivity contribution in [1.29, 1.82) is 0 Å². The van der Waals surface area contributed by atoms with Crippen LogP contribution in [0.3, 0.4) is 0 Å². The van der Waals surface area contributed by atoms with Gasteiger partial charge >= 0.3 is 11.9 Å². The molecule has 0 saturated heterocycles. The van der Waals surface area contributed by atoms with Crippen molar-refractivity contribution in [3.8, 4) is 11.5 Å². The second-order valence-electron chi connectivity index (χ2n) is 5.78. The third-order valence-electron chi connectivity index (χ3n) is 4.12. The lowest BCUT2D eigenvalue weighted by Gasteiger charge is -2.19. The Morgan fingerprint density at radius 1 is 1.04 bits per heavy atom. The minimum atomic E-state index is -0.523. The zero-order valence-electron chi connectivity index (χ0n) is 16.8. The van der Waals surface area contributed by atoms with Gasteiger partial charge in [-0.25, -0.2) is 9.59 Å². The zero-order chi connectivity index (χ0) is 20.4. The first kappa shape index (κ1) is 22.3. The molecule has 6 nitrogen and oxygen atoms in total. The number of ether oxygens (including phenoxy) is 4. The predicted molar refractivity (Wildman–Crippen MR) is 103 cm³/mol. The molecule has 0 saturated carbocycles. The van der Waals surface area contributed by atoms with E-state index in [-0.39, 0.29) is 12.2 Å². The molecule has 0 spiro atoms. The number of hydrogen-bond acceptors (Lipinski definition) is 6. The number of carbonyl (C=O) groups is 2. The molecule has 0 amide bonds. The minimum absolute atomic E-state index is 0.137. The Labute approximate surface area is 160 Å². The standard InChI is InChI=1S/C21H28O6/c1-7-14(4)20(22)26-13-15(8-2)21(23)27-17(9-3)16-10-11-18(24-5)19(12-16)25-6/h7-8,10-12,17H,9,13H2,1-6H3/b14-7-,15-8-. The van der Waals surface area contributed by atoms with Gasteiger partial charge < -0.3 is 18.9 Å². The number of rotatable bonds is 9. The Morgan fingerprint density at radius 2 is 1.70 bits per heavy atom. The second-order valence-corrected chi connectivity index (χ2v) is 5.78. The molecule has 1 unspecified atom stereocenters. The molecule has 0 aliphatic heterocycles. The van der Waals surface area contributed by atoms with E-state index in [1.807, 2.05) is 13.0 Å². The fourth-order valence-corrected chi connectivity index (χ4v) is 2.28. The van der Waals surface area contributed by atoms with E-state index in [4.69, 9.17) is 18.9 Å². The lowest BCUT2D eigenvalue weighted by molar-refractivity contribution is -0.146. The highest BCUT2D eigenvalue weighted by Gasteiger charge is 2.20. The summed E-state index contributed by atoms with van der Waals surface area (Å²) in [5.74, 6) is 0.177. The molecule has 1 rings (SSSR count). The molecular weight excluding hydrogens is 348 g/mol. The lowest BCUT2D eigenvalue weighted by atomic mass is 10.1. The summed E-state index contributed by atoms with van der Waals surface area (Å²) in [5, 5.41) is 0. The van der Waals surface area contributed by atoms with Crippen LogP contribution in [0.1, 0.15) is 45.8 Å². The zero-order valence-corrected chi connectivity index (χ0v) is 16.8. The van der Waals surface area contributed by atoms with Crippen LogP contribution in [0.25, 0.3) is 0 Å². The first-order valence-corrected chi connectivity index (χ1v) is 8.79. The van der Waals surface area contributed by atoms with Crippen molar-refractivity contribution in [3.05, 3.63) is 47.1 Å². The normalized spacial score (nSPS) is 13.0. The van der Waals surface area contributed by atoms with E-state index in [2.05, 4.69) is 0 Å². The molecule has 148 valence electrons. The Morgan fingerprint density at radius 3 is 2.22 bits per heavy atom. The number of allylic oxidation sites excluding steroid dienone is 2. The number of benzene rings is 1. The van der Waals surface area contributed by atoms with Crippen LogP contribution in [0, 0.1) is 0 Å². The van der Waals surface area contributed by atoms with Crippen LogP contribution in [0.15, 0.2) is 41.5 Å². The van der Waals surface area contributed by atoms with E-state index < -0.39 is 18.0 Å². The smallest absolute Gasteiger partial charge is 0.337 e. The van der Waals surface area contributed by atoms with Gasteiger partial charge in [-0.2, -0.15) is 0 Å². The van der Waals surface area contributed by atoms with Crippen molar-refractivity contribution in [2.75, 3.05) is 20.8 Å². The van der Waals surface area contributed by atoms with Gasteiger partial charge in [0.25, 0.3) is 0 Å². The maximum absolute atomic E-state index is 12.5. The molecule has 0 radical (unpaired) electrons. The molecule has 6 heteroatoms. The Kier molecular flexibility index (Phi) is 9.13. The summed E-state index contributed by atoms with van der Waals surface area (Å²) < 4.78 is 21.3. The average Bonchev–Trinajstić information content (AvgIpc) is 2.70. The monoisotopic (exact) mass is 376 g/mol. The highest BCUT2D eigenvalue weighted by atomic mass is 16.6. The van der Waals surface area contributed by atoms with Gasteiger partial charge in [-0.1, -0.05) is 25.1 Å². The summed E-state index contributed by atoms with van der Waals surface area (Å²) >= 11 is 0. The highest BCUT2D eigenvalue weighted by molar-refractivity contribution is 5.91. The van der Waals surface area contributed by atoms with Crippen molar-refractivity contribution in [3.63, 3.8) is 0 Å². The first-order valence-electron chi connectivity index (χ1n) is 8.79. The summed E-state index contributed by atoms with van der Waals surface area (Å²) in [6, 6.07) is 5.38. The summed E-state index contributed by atoms with van der Waals surface area (Å²) in [6.45, 7) is 6.88. The topological polar surface area (TPSA) is 71.1 Å². The van der Waals surface area contributed by atoms with E-state index in [0.29, 0.717) is 23.5 Å². The van der Waals surface area contributed by atoms with Crippen molar-refractivity contribution in [2.45, 2.75) is 40.2 Å². The summed E-state index contributed by atoms with van der Waals surface area (Å²) in [5.41, 5.74) is 1.56. The van der Waals surface area contributed by atoms with E-state index >= 15 is 0 Å². The third kappa shape index (κ3) is 6.16. The van der Waals surface area contributed by atoms with Gasteiger partial charge in [0.05, 0.1) is 19.8 Å². The van der Waals surface area contributed by atoms with Gasteiger partial charge in [0.15, 0.2) is 11.5 Å². The Hall–Kier alpha value is -2.76. The summed E-state index contributed by atoms with van der Waals surface area (Å²) in [7, 11) is 3.11. The fraction of sp³-hybridized carbons (Fsp3) is 0.429. The largest absolute Gasteiger partial charge is 0.493 e. The molecule has 0 N–H and O–H groups in total. The first-order chi connectivity index (χ1) is 12.9. The Balaban J connectivity index is 2.86. The van der Waals surface area contributed by atoms with Crippen LogP contribution in [-0.2, 0) is 19.1 Å². The second kappa shape index (κ2) is 11.1. The van der Waals surface area contributed by atoms with Crippen LogP contribution < -0.4 is 9.47 Å². The quantitative estimate of drug-likeness (QED) is 0.476. The summed E-state index contributed by atoms with van der Waals surface area (Å²) in [4.78, 5) is 24.2.